The van der Waals surface area contributed by atoms with Crippen molar-refractivity contribution in [2.45, 2.75) is 0 Å². The Morgan fingerprint density at radius 1 is 0.857 bits per heavy atom. The van der Waals surface area contributed by atoms with Crippen LogP contribution in [-0.4, -0.2) is 87.9 Å². The van der Waals surface area contributed by atoms with E-state index < -0.39 is 42.0 Å². The van der Waals surface area contributed by atoms with E-state index >= 15 is 0 Å². The summed E-state index contributed by atoms with van der Waals surface area (Å²) in [7, 11) is 0. The van der Waals surface area contributed by atoms with Crippen LogP contribution in [0, 0.1) is 0 Å². The zero-order chi connectivity index (χ0) is 9.71. The predicted molar refractivity (Wildman–Crippen MR) is 43.6 cm³/mol. The van der Waals surface area contributed by atoms with Crippen molar-refractivity contribution in [1.29, 1.82) is 0 Å². The van der Waals surface area contributed by atoms with Crippen LogP contribution in [0.4, 0.5) is 0 Å². The number of hydrogen-bond donors (Lipinski definition) is 0. The first-order chi connectivity index (χ1) is 6.83. The molecule has 2 bridgehead atoms. The van der Waals surface area contributed by atoms with Gasteiger partial charge in [0.15, 0.2) is 0 Å². The van der Waals surface area contributed by atoms with Gasteiger partial charge in [0.05, 0.1) is 0 Å². The molecular formula is C4O6Sn4. The standard InChI is InChI=1S/C4H4O4.2O.4Sn/c5-1-2(6)4(8)3(1)7;;;;;;/h5-8H;;;;;;/q;;;4*+1/p-4. The van der Waals surface area contributed by atoms with E-state index in [-0.39, 0.29) is 0 Å². The Bertz CT molecular complexity index is 316. The average Bonchev–Trinajstić information content (AvgIpc) is 2.33. The van der Waals surface area contributed by atoms with E-state index in [0.717, 1.165) is 45.9 Å². The number of rotatable bonds is 2. The Labute approximate surface area is 124 Å². The van der Waals surface area contributed by atoms with Crippen molar-refractivity contribution in [3.05, 3.63) is 23.0 Å². The molecule has 3 heterocycles. The van der Waals surface area contributed by atoms with Crippen LogP contribution in [-0.2, 0) is 15.1 Å². The summed E-state index contributed by atoms with van der Waals surface area (Å²) >= 11 is -2.94. The second kappa shape index (κ2) is 4.23. The van der Waals surface area contributed by atoms with Gasteiger partial charge in [-0.15, -0.1) is 0 Å². The minimum absolute atomic E-state index is 0.654. The van der Waals surface area contributed by atoms with Crippen molar-refractivity contribution in [1.82, 2.24) is 0 Å². The maximum atomic E-state index is 5.53. The molecule has 0 N–H and O–H groups in total. The van der Waals surface area contributed by atoms with E-state index in [2.05, 4.69) is 0 Å². The second-order valence-corrected chi connectivity index (χ2v) is 16.6. The van der Waals surface area contributed by atoms with Crippen LogP contribution < -0.4 is 0 Å². The summed E-state index contributed by atoms with van der Waals surface area (Å²) in [4.78, 5) is 0. The van der Waals surface area contributed by atoms with Crippen LogP contribution in [0.15, 0.2) is 23.0 Å². The first-order valence-corrected chi connectivity index (χ1v) is 12.8. The van der Waals surface area contributed by atoms with Crippen LogP contribution in [0.25, 0.3) is 0 Å². The predicted octanol–water partition coefficient (Wildman–Crippen LogP) is -1.31. The molecule has 0 amide bonds. The van der Waals surface area contributed by atoms with Crippen LogP contribution >= 0.6 is 0 Å². The molecular weight excluding hydrogens is 619 g/mol. The fourth-order valence-corrected chi connectivity index (χ4v) is 14.2. The van der Waals surface area contributed by atoms with Gasteiger partial charge in [-0.3, -0.25) is 0 Å². The Kier molecular flexibility index (Phi) is 3.30. The molecule has 0 spiro atoms. The van der Waals surface area contributed by atoms with Gasteiger partial charge in [0, 0.05) is 0 Å². The molecule has 1 saturated heterocycles. The van der Waals surface area contributed by atoms with E-state index in [1.165, 1.54) is 0 Å². The Morgan fingerprint density at radius 3 is 1.64 bits per heavy atom. The van der Waals surface area contributed by atoms with Gasteiger partial charge in [-0.25, -0.2) is 0 Å². The van der Waals surface area contributed by atoms with Crippen molar-refractivity contribution in [3.63, 3.8) is 0 Å². The van der Waals surface area contributed by atoms with Crippen LogP contribution in [0.5, 0.6) is 0 Å². The van der Waals surface area contributed by atoms with Crippen LogP contribution in [0.2, 0.25) is 0 Å². The van der Waals surface area contributed by atoms with E-state index in [9.17, 15) is 0 Å². The van der Waals surface area contributed by atoms with E-state index in [1.54, 1.807) is 0 Å². The van der Waals surface area contributed by atoms with Crippen molar-refractivity contribution in [2.24, 2.45) is 0 Å². The second-order valence-electron chi connectivity index (χ2n) is 2.43. The van der Waals surface area contributed by atoms with E-state index in [4.69, 9.17) is 15.1 Å². The SMILES string of the molecule is [Sn][O]C1=C([O][Sn])C2=C1[O][Sn]1[O][Sn]([O]2)[O]1. The van der Waals surface area contributed by atoms with Gasteiger partial charge in [0.25, 0.3) is 0 Å². The Balaban J connectivity index is 1.88. The summed E-state index contributed by atoms with van der Waals surface area (Å²) in [6.45, 7) is 0. The molecule has 0 aromatic heterocycles. The minimum atomic E-state index is -2.42. The molecule has 1 aliphatic carbocycles. The summed E-state index contributed by atoms with van der Waals surface area (Å²) in [5.74, 6) is 2.63. The Morgan fingerprint density at radius 2 is 1.29 bits per heavy atom. The van der Waals surface area contributed by atoms with Crippen molar-refractivity contribution in [3.8, 4) is 0 Å². The summed E-state index contributed by atoms with van der Waals surface area (Å²) in [5, 5.41) is 0. The van der Waals surface area contributed by atoms with Gasteiger partial charge >= 0.3 is 126 Å². The third-order valence-electron chi connectivity index (χ3n) is 1.73. The summed E-state index contributed by atoms with van der Waals surface area (Å²) in [6.07, 6.45) is 0. The molecule has 1 fully saturated rings. The third kappa shape index (κ3) is 1.58. The molecule has 0 saturated carbocycles. The fraction of sp³-hybridized carbons (Fsp3) is 0. The monoisotopic (exact) mass is 624 g/mol. The molecule has 0 aromatic carbocycles. The maximum absolute atomic E-state index is 5.53. The van der Waals surface area contributed by atoms with Gasteiger partial charge in [-0.2, -0.15) is 0 Å². The number of hydrogen-bond acceptors (Lipinski definition) is 6. The van der Waals surface area contributed by atoms with E-state index in [1.807, 2.05) is 0 Å². The first-order valence-electron chi connectivity index (χ1n) is 3.45. The molecule has 0 aromatic rings. The third-order valence-corrected chi connectivity index (χ3v) is 19.7. The van der Waals surface area contributed by atoms with Crippen molar-refractivity contribution >= 4 is 87.9 Å². The zero-order valence-electron chi connectivity index (χ0n) is 6.45. The molecule has 68 valence electrons. The molecule has 3 aliphatic heterocycles. The summed E-state index contributed by atoms with van der Waals surface area (Å²) < 4.78 is 32.4. The van der Waals surface area contributed by atoms with Gasteiger partial charge in [0.2, 0.25) is 0 Å². The quantitative estimate of drug-likeness (QED) is 0.359. The van der Waals surface area contributed by atoms with Crippen molar-refractivity contribution < 1.29 is 15.1 Å². The zero-order valence-corrected chi connectivity index (χ0v) is 17.9. The molecule has 4 aliphatic rings. The Hall–Kier alpha value is 1.79. The van der Waals surface area contributed by atoms with Gasteiger partial charge in [0.1, 0.15) is 0 Å². The summed E-state index contributed by atoms with van der Waals surface area (Å²) in [6, 6.07) is 0. The average molecular weight is 619 g/mol. The molecule has 8 radical (unpaired) electrons. The molecule has 10 heteroatoms. The van der Waals surface area contributed by atoms with Crippen LogP contribution in [0.1, 0.15) is 0 Å². The summed E-state index contributed by atoms with van der Waals surface area (Å²) in [5.41, 5.74) is 0. The molecule has 14 heavy (non-hydrogen) atoms. The van der Waals surface area contributed by atoms with E-state index in [0.29, 0.717) is 23.0 Å². The first kappa shape index (κ1) is 10.9. The normalized spacial score (nSPS) is 25.3. The molecule has 4 rings (SSSR count). The fourth-order valence-electron chi connectivity index (χ4n) is 1.11. The van der Waals surface area contributed by atoms with Gasteiger partial charge in [-0.1, -0.05) is 0 Å². The molecule has 6 nitrogen and oxygen atoms in total. The topological polar surface area (TPSA) is 55.4 Å². The molecule has 0 unspecified atom stereocenters. The van der Waals surface area contributed by atoms with Gasteiger partial charge in [-0.05, 0) is 0 Å². The van der Waals surface area contributed by atoms with Crippen molar-refractivity contribution in [2.75, 3.05) is 0 Å². The van der Waals surface area contributed by atoms with Crippen LogP contribution in [0.3, 0.4) is 0 Å². The molecule has 0 atom stereocenters. The van der Waals surface area contributed by atoms with Gasteiger partial charge < -0.3 is 0 Å².